The number of aromatic nitrogens is 3. The number of carbonyl (C=O) groups is 1. The normalized spacial score (nSPS) is 15.7. The van der Waals surface area contributed by atoms with Gasteiger partial charge in [0.2, 0.25) is 10.0 Å². The molecule has 1 aromatic heterocycles. The summed E-state index contributed by atoms with van der Waals surface area (Å²) in [7, 11) is -2.31. The van der Waals surface area contributed by atoms with Crippen molar-refractivity contribution in [2.75, 3.05) is 33.4 Å². The molecule has 1 saturated heterocycles. The van der Waals surface area contributed by atoms with E-state index in [2.05, 4.69) is 15.4 Å². The fraction of sp³-hybridized carbons (Fsp3) is 0.318. The molecular weight excluding hydrogens is 446 g/mol. The van der Waals surface area contributed by atoms with Crippen LogP contribution in [-0.2, 0) is 14.8 Å². The Hall–Kier alpha value is -3.28. The lowest BCUT2D eigenvalue weighted by Crippen LogP contribution is -2.40. The first-order valence-electron chi connectivity index (χ1n) is 10.4. The summed E-state index contributed by atoms with van der Waals surface area (Å²) < 4.78 is 39.6. The van der Waals surface area contributed by atoms with Crippen LogP contribution in [0.3, 0.4) is 0 Å². The van der Waals surface area contributed by atoms with Crippen LogP contribution < -0.4 is 10.1 Å². The summed E-state index contributed by atoms with van der Waals surface area (Å²) in [5, 5.41) is 7.01. The standard InChI is InChI=1S/C22H25N5O5S/c1-16(17-3-5-18(6-4-17)27-15-23-14-24-27)25-22(28)20-13-19(7-8-21(20)31-2)33(29,30)26-9-11-32-12-10-26/h3-8,13-16H,9-12H2,1-2H3,(H,25,28). The lowest BCUT2D eigenvalue weighted by molar-refractivity contribution is 0.0730. The van der Waals surface area contributed by atoms with E-state index >= 15 is 0 Å². The summed E-state index contributed by atoms with van der Waals surface area (Å²) in [4.78, 5) is 17.0. The number of sulfonamides is 1. The number of amides is 1. The molecule has 2 heterocycles. The predicted molar refractivity (Wildman–Crippen MR) is 120 cm³/mol. The summed E-state index contributed by atoms with van der Waals surface area (Å²) in [5.41, 5.74) is 1.87. The number of rotatable bonds is 7. The smallest absolute Gasteiger partial charge is 0.255 e. The third-order valence-corrected chi connectivity index (χ3v) is 7.34. The van der Waals surface area contributed by atoms with Crippen molar-refractivity contribution in [2.24, 2.45) is 0 Å². The molecule has 1 N–H and O–H groups in total. The van der Waals surface area contributed by atoms with Gasteiger partial charge < -0.3 is 14.8 Å². The van der Waals surface area contributed by atoms with Gasteiger partial charge in [-0.15, -0.1) is 0 Å². The van der Waals surface area contributed by atoms with E-state index in [1.807, 2.05) is 31.2 Å². The SMILES string of the molecule is COc1ccc(S(=O)(=O)N2CCOCC2)cc1C(=O)NC(C)c1ccc(-n2cncn2)cc1. The molecule has 4 rings (SSSR count). The number of carbonyl (C=O) groups excluding carboxylic acids is 1. The molecule has 1 aliphatic heterocycles. The fourth-order valence-corrected chi connectivity index (χ4v) is 5.01. The van der Waals surface area contributed by atoms with Crippen LogP contribution in [0.4, 0.5) is 0 Å². The first-order valence-corrected chi connectivity index (χ1v) is 11.9. The van der Waals surface area contributed by atoms with Crippen molar-refractivity contribution in [1.29, 1.82) is 0 Å². The quantitative estimate of drug-likeness (QED) is 0.558. The summed E-state index contributed by atoms with van der Waals surface area (Å²) in [6, 6.07) is 11.5. The van der Waals surface area contributed by atoms with Crippen LogP contribution in [0.15, 0.2) is 60.0 Å². The largest absolute Gasteiger partial charge is 0.496 e. The first kappa shape index (κ1) is 22.9. The topological polar surface area (TPSA) is 116 Å². The van der Waals surface area contributed by atoms with Gasteiger partial charge in [-0.1, -0.05) is 12.1 Å². The van der Waals surface area contributed by atoms with Gasteiger partial charge in [0.15, 0.2) is 0 Å². The van der Waals surface area contributed by atoms with Gasteiger partial charge in [-0.25, -0.2) is 18.1 Å². The summed E-state index contributed by atoms with van der Waals surface area (Å²) in [6.07, 6.45) is 3.06. The highest BCUT2D eigenvalue weighted by Gasteiger charge is 2.28. The van der Waals surface area contributed by atoms with Crippen LogP contribution in [0.5, 0.6) is 5.75 Å². The molecule has 0 aliphatic carbocycles. The Kier molecular flexibility index (Phi) is 6.72. The monoisotopic (exact) mass is 471 g/mol. The predicted octanol–water partition coefficient (Wildman–Crippen LogP) is 1.79. The molecular formula is C22H25N5O5S. The second-order valence-corrected chi connectivity index (χ2v) is 9.44. The van der Waals surface area contributed by atoms with Crippen molar-refractivity contribution in [2.45, 2.75) is 17.9 Å². The van der Waals surface area contributed by atoms with Gasteiger partial charge >= 0.3 is 0 Å². The highest BCUT2D eigenvalue weighted by Crippen LogP contribution is 2.26. The molecule has 1 amide bonds. The van der Waals surface area contributed by atoms with E-state index in [9.17, 15) is 13.2 Å². The maximum atomic E-state index is 13.1. The third-order valence-electron chi connectivity index (χ3n) is 5.45. The Bertz CT molecular complexity index is 1210. The molecule has 1 atom stereocenters. The Morgan fingerprint density at radius 2 is 1.88 bits per heavy atom. The minimum Gasteiger partial charge on any atom is -0.496 e. The summed E-state index contributed by atoms with van der Waals surface area (Å²) in [6.45, 7) is 3.09. The summed E-state index contributed by atoms with van der Waals surface area (Å²) in [5.74, 6) is -0.138. The molecule has 11 heteroatoms. The number of benzene rings is 2. The molecule has 0 radical (unpaired) electrons. The van der Waals surface area contributed by atoms with Crippen LogP contribution in [0, 0.1) is 0 Å². The molecule has 0 bridgehead atoms. The van der Waals surface area contributed by atoms with E-state index in [1.54, 1.807) is 11.0 Å². The number of nitrogens with one attached hydrogen (secondary N) is 1. The zero-order valence-electron chi connectivity index (χ0n) is 18.3. The molecule has 1 unspecified atom stereocenters. The molecule has 1 fully saturated rings. The number of nitrogens with zero attached hydrogens (tertiary/aromatic N) is 4. The summed E-state index contributed by atoms with van der Waals surface area (Å²) >= 11 is 0. The van der Waals surface area contributed by atoms with Crippen LogP contribution in [0.2, 0.25) is 0 Å². The van der Waals surface area contributed by atoms with Gasteiger partial charge in [-0.05, 0) is 42.8 Å². The highest BCUT2D eigenvalue weighted by molar-refractivity contribution is 7.89. The van der Waals surface area contributed by atoms with E-state index in [0.29, 0.717) is 19.0 Å². The van der Waals surface area contributed by atoms with E-state index in [1.165, 1.54) is 35.9 Å². The Morgan fingerprint density at radius 3 is 2.52 bits per heavy atom. The lowest BCUT2D eigenvalue weighted by atomic mass is 10.1. The molecule has 10 nitrogen and oxygen atoms in total. The number of ether oxygens (including phenoxy) is 2. The molecule has 33 heavy (non-hydrogen) atoms. The second kappa shape index (κ2) is 9.69. The van der Waals surface area contributed by atoms with Crippen molar-refractivity contribution < 1.29 is 22.7 Å². The molecule has 174 valence electrons. The average molecular weight is 472 g/mol. The highest BCUT2D eigenvalue weighted by atomic mass is 32.2. The van der Waals surface area contributed by atoms with Crippen molar-refractivity contribution in [3.8, 4) is 11.4 Å². The van der Waals surface area contributed by atoms with Crippen LogP contribution in [0.1, 0.15) is 28.9 Å². The molecule has 1 aliphatic rings. The Morgan fingerprint density at radius 1 is 1.15 bits per heavy atom. The van der Waals surface area contributed by atoms with Gasteiger partial charge in [0, 0.05) is 13.1 Å². The van der Waals surface area contributed by atoms with Crippen molar-refractivity contribution in [3.63, 3.8) is 0 Å². The molecule has 2 aromatic carbocycles. The zero-order valence-corrected chi connectivity index (χ0v) is 19.2. The van der Waals surface area contributed by atoms with Crippen molar-refractivity contribution >= 4 is 15.9 Å². The Labute approximate surface area is 192 Å². The van der Waals surface area contributed by atoms with Gasteiger partial charge in [-0.2, -0.15) is 9.40 Å². The number of morpholine rings is 1. The van der Waals surface area contributed by atoms with Gasteiger partial charge in [0.1, 0.15) is 18.4 Å². The van der Waals surface area contributed by atoms with Crippen LogP contribution in [-0.4, -0.2) is 66.8 Å². The molecule has 0 spiro atoms. The van der Waals surface area contributed by atoms with Crippen LogP contribution >= 0.6 is 0 Å². The van der Waals surface area contributed by atoms with Crippen molar-refractivity contribution in [1.82, 2.24) is 24.4 Å². The van der Waals surface area contributed by atoms with E-state index in [4.69, 9.17) is 9.47 Å². The maximum Gasteiger partial charge on any atom is 0.255 e. The minimum absolute atomic E-state index is 0.0418. The van der Waals surface area contributed by atoms with Gasteiger partial charge in [0.25, 0.3) is 5.91 Å². The lowest BCUT2D eigenvalue weighted by Gasteiger charge is -2.26. The maximum absolute atomic E-state index is 13.1. The van der Waals surface area contributed by atoms with Crippen LogP contribution in [0.25, 0.3) is 5.69 Å². The second-order valence-electron chi connectivity index (χ2n) is 7.51. The zero-order chi connectivity index (χ0) is 23.4. The van der Waals surface area contributed by atoms with E-state index in [-0.39, 0.29) is 29.6 Å². The first-order chi connectivity index (χ1) is 15.9. The average Bonchev–Trinajstić information content (AvgIpc) is 3.39. The van der Waals surface area contributed by atoms with Gasteiger partial charge in [-0.3, -0.25) is 4.79 Å². The fourth-order valence-electron chi connectivity index (χ4n) is 3.58. The van der Waals surface area contributed by atoms with Gasteiger partial charge in [0.05, 0.1) is 42.5 Å². The van der Waals surface area contributed by atoms with E-state index < -0.39 is 15.9 Å². The number of methoxy groups -OCH3 is 1. The third kappa shape index (κ3) is 4.90. The minimum atomic E-state index is -3.75. The molecule has 3 aromatic rings. The Balaban J connectivity index is 1.54. The number of hydrogen-bond donors (Lipinski definition) is 1. The van der Waals surface area contributed by atoms with E-state index in [0.717, 1.165) is 11.3 Å². The number of hydrogen-bond acceptors (Lipinski definition) is 7. The molecule has 0 saturated carbocycles. The van der Waals surface area contributed by atoms with Crippen molar-refractivity contribution in [3.05, 3.63) is 66.2 Å².